The standard InChI is InChI=1S/C10H10BrN3S/c1-6-4-7(2-3-8(6)11)10-14-13-9(5-12)15-10/h2-4H,5,12H2,1H3. The van der Waals surface area contributed by atoms with E-state index in [1.807, 2.05) is 12.1 Å². The summed E-state index contributed by atoms with van der Waals surface area (Å²) in [7, 11) is 0. The fourth-order valence-electron chi connectivity index (χ4n) is 1.23. The van der Waals surface area contributed by atoms with Crippen LogP contribution in [0.25, 0.3) is 10.6 Å². The number of nitrogens with zero attached hydrogens (tertiary/aromatic N) is 2. The molecule has 0 aliphatic carbocycles. The number of hydrogen-bond acceptors (Lipinski definition) is 4. The van der Waals surface area contributed by atoms with Gasteiger partial charge in [0.2, 0.25) is 0 Å². The van der Waals surface area contributed by atoms with E-state index in [9.17, 15) is 0 Å². The molecule has 2 N–H and O–H groups in total. The molecular formula is C10H10BrN3S. The van der Waals surface area contributed by atoms with Crippen LogP contribution >= 0.6 is 27.3 Å². The monoisotopic (exact) mass is 283 g/mol. The number of nitrogens with two attached hydrogens (primary N) is 1. The van der Waals surface area contributed by atoms with Crippen LogP contribution in [0.1, 0.15) is 10.6 Å². The number of aromatic nitrogens is 2. The Balaban J connectivity index is 2.40. The highest BCUT2D eigenvalue weighted by atomic mass is 79.9. The molecule has 0 amide bonds. The minimum absolute atomic E-state index is 0.452. The van der Waals surface area contributed by atoms with E-state index in [1.165, 1.54) is 16.9 Å². The Bertz CT molecular complexity index is 481. The zero-order valence-electron chi connectivity index (χ0n) is 8.20. The lowest BCUT2D eigenvalue weighted by atomic mass is 10.1. The minimum Gasteiger partial charge on any atom is -0.324 e. The molecule has 0 spiro atoms. The summed E-state index contributed by atoms with van der Waals surface area (Å²) in [5.74, 6) is 0. The zero-order chi connectivity index (χ0) is 10.8. The van der Waals surface area contributed by atoms with E-state index in [4.69, 9.17) is 5.73 Å². The van der Waals surface area contributed by atoms with Gasteiger partial charge >= 0.3 is 0 Å². The van der Waals surface area contributed by atoms with Gasteiger partial charge in [0.05, 0.1) is 0 Å². The van der Waals surface area contributed by atoms with Crippen molar-refractivity contribution in [2.45, 2.75) is 13.5 Å². The predicted octanol–water partition coefficient (Wildman–Crippen LogP) is 2.73. The zero-order valence-corrected chi connectivity index (χ0v) is 10.6. The summed E-state index contributed by atoms with van der Waals surface area (Å²) < 4.78 is 1.11. The van der Waals surface area contributed by atoms with Gasteiger partial charge < -0.3 is 5.73 Å². The normalized spacial score (nSPS) is 10.6. The second kappa shape index (κ2) is 4.38. The molecule has 3 nitrogen and oxygen atoms in total. The Hall–Kier alpha value is -0.780. The molecular weight excluding hydrogens is 274 g/mol. The summed E-state index contributed by atoms with van der Waals surface area (Å²) in [4.78, 5) is 0. The lowest BCUT2D eigenvalue weighted by Crippen LogP contribution is -1.94. The topological polar surface area (TPSA) is 51.8 Å². The molecule has 0 radical (unpaired) electrons. The van der Waals surface area contributed by atoms with Crippen molar-refractivity contribution >= 4 is 27.3 Å². The molecule has 0 bridgehead atoms. The number of hydrogen-bond donors (Lipinski definition) is 1. The van der Waals surface area contributed by atoms with Gasteiger partial charge in [0.1, 0.15) is 10.0 Å². The first-order chi connectivity index (χ1) is 7.20. The lowest BCUT2D eigenvalue weighted by molar-refractivity contribution is 0.960. The van der Waals surface area contributed by atoms with Gasteiger partial charge in [0.25, 0.3) is 0 Å². The van der Waals surface area contributed by atoms with Gasteiger partial charge in [-0.2, -0.15) is 0 Å². The van der Waals surface area contributed by atoms with Crippen molar-refractivity contribution in [3.8, 4) is 10.6 Å². The first-order valence-electron chi connectivity index (χ1n) is 4.49. The first kappa shape index (κ1) is 10.7. The SMILES string of the molecule is Cc1cc(-c2nnc(CN)s2)ccc1Br. The van der Waals surface area contributed by atoms with Gasteiger partial charge in [0.15, 0.2) is 0 Å². The summed E-state index contributed by atoms with van der Waals surface area (Å²) in [6.07, 6.45) is 0. The summed E-state index contributed by atoms with van der Waals surface area (Å²) in [5, 5.41) is 9.88. The summed E-state index contributed by atoms with van der Waals surface area (Å²) in [6.45, 7) is 2.51. The second-order valence-electron chi connectivity index (χ2n) is 3.17. The smallest absolute Gasteiger partial charge is 0.147 e. The van der Waals surface area contributed by atoms with Crippen LogP contribution in [0.15, 0.2) is 22.7 Å². The molecule has 0 saturated heterocycles. The number of halogens is 1. The molecule has 0 saturated carbocycles. The summed E-state index contributed by atoms with van der Waals surface area (Å²) in [5.41, 5.74) is 7.78. The number of rotatable bonds is 2. The van der Waals surface area contributed by atoms with E-state index in [0.29, 0.717) is 6.54 Å². The minimum atomic E-state index is 0.452. The van der Waals surface area contributed by atoms with E-state index in [0.717, 1.165) is 20.1 Å². The van der Waals surface area contributed by atoms with Crippen molar-refractivity contribution in [3.05, 3.63) is 33.2 Å². The van der Waals surface area contributed by atoms with Crippen molar-refractivity contribution in [1.29, 1.82) is 0 Å². The average molecular weight is 284 g/mol. The Morgan fingerprint density at radius 3 is 2.80 bits per heavy atom. The highest BCUT2D eigenvalue weighted by Gasteiger charge is 2.06. The van der Waals surface area contributed by atoms with Gasteiger partial charge in [0, 0.05) is 16.6 Å². The molecule has 1 aromatic heterocycles. The third-order valence-corrected chi connectivity index (χ3v) is 3.93. The van der Waals surface area contributed by atoms with Gasteiger partial charge in [-0.25, -0.2) is 0 Å². The van der Waals surface area contributed by atoms with Crippen LogP contribution in [-0.2, 0) is 6.54 Å². The van der Waals surface area contributed by atoms with E-state index in [2.05, 4.69) is 39.1 Å². The third-order valence-electron chi connectivity index (χ3n) is 2.05. The quantitative estimate of drug-likeness (QED) is 0.922. The van der Waals surface area contributed by atoms with Gasteiger partial charge in [-0.1, -0.05) is 33.3 Å². The maximum Gasteiger partial charge on any atom is 0.147 e. The van der Waals surface area contributed by atoms with Crippen LogP contribution in [0.5, 0.6) is 0 Å². The molecule has 2 rings (SSSR count). The van der Waals surface area contributed by atoms with Gasteiger partial charge in [-0.05, 0) is 24.6 Å². The van der Waals surface area contributed by atoms with E-state index < -0.39 is 0 Å². The fourth-order valence-corrected chi connectivity index (χ4v) is 2.19. The molecule has 5 heteroatoms. The van der Waals surface area contributed by atoms with E-state index in [1.54, 1.807) is 0 Å². The molecule has 1 aromatic carbocycles. The summed E-state index contributed by atoms with van der Waals surface area (Å²) in [6, 6.07) is 6.14. The van der Waals surface area contributed by atoms with Crippen molar-refractivity contribution in [3.63, 3.8) is 0 Å². The molecule has 0 fully saturated rings. The number of aryl methyl sites for hydroxylation is 1. The fraction of sp³-hybridized carbons (Fsp3) is 0.200. The molecule has 0 aliphatic heterocycles. The molecule has 1 heterocycles. The van der Waals surface area contributed by atoms with Crippen molar-refractivity contribution in [1.82, 2.24) is 10.2 Å². The maximum absolute atomic E-state index is 5.50. The Morgan fingerprint density at radius 1 is 1.40 bits per heavy atom. The van der Waals surface area contributed by atoms with Crippen molar-refractivity contribution in [2.75, 3.05) is 0 Å². The Kier molecular flexibility index (Phi) is 3.14. The molecule has 78 valence electrons. The van der Waals surface area contributed by atoms with Crippen LogP contribution < -0.4 is 5.73 Å². The van der Waals surface area contributed by atoms with Gasteiger partial charge in [-0.15, -0.1) is 10.2 Å². The Labute approximate surface area is 100 Å². The first-order valence-corrected chi connectivity index (χ1v) is 6.10. The predicted molar refractivity (Wildman–Crippen MR) is 65.7 cm³/mol. The highest BCUT2D eigenvalue weighted by molar-refractivity contribution is 9.10. The highest BCUT2D eigenvalue weighted by Crippen LogP contribution is 2.27. The average Bonchev–Trinajstić information content (AvgIpc) is 2.70. The second-order valence-corrected chi connectivity index (χ2v) is 5.09. The van der Waals surface area contributed by atoms with Gasteiger partial charge in [-0.3, -0.25) is 0 Å². The summed E-state index contributed by atoms with van der Waals surface area (Å²) >= 11 is 5.01. The third kappa shape index (κ3) is 2.25. The van der Waals surface area contributed by atoms with Crippen LogP contribution in [0, 0.1) is 6.92 Å². The van der Waals surface area contributed by atoms with Crippen LogP contribution in [0.4, 0.5) is 0 Å². The van der Waals surface area contributed by atoms with Crippen molar-refractivity contribution < 1.29 is 0 Å². The maximum atomic E-state index is 5.50. The molecule has 2 aromatic rings. The molecule has 15 heavy (non-hydrogen) atoms. The molecule has 0 unspecified atom stereocenters. The molecule has 0 aliphatic rings. The largest absolute Gasteiger partial charge is 0.324 e. The van der Waals surface area contributed by atoms with Crippen LogP contribution in [0.3, 0.4) is 0 Å². The lowest BCUT2D eigenvalue weighted by Gasteiger charge is -1.99. The number of benzene rings is 1. The van der Waals surface area contributed by atoms with E-state index in [-0.39, 0.29) is 0 Å². The van der Waals surface area contributed by atoms with E-state index >= 15 is 0 Å². The molecule has 0 atom stereocenters. The van der Waals surface area contributed by atoms with Crippen molar-refractivity contribution in [2.24, 2.45) is 5.73 Å². The Morgan fingerprint density at radius 2 is 2.20 bits per heavy atom. The van der Waals surface area contributed by atoms with Crippen LogP contribution in [0.2, 0.25) is 0 Å². The van der Waals surface area contributed by atoms with Crippen LogP contribution in [-0.4, -0.2) is 10.2 Å².